The van der Waals surface area contributed by atoms with Crippen LogP contribution in [0.4, 0.5) is 0 Å². The van der Waals surface area contributed by atoms with E-state index in [4.69, 9.17) is 1.37 Å². The zero-order chi connectivity index (χ0) is 36.7. The molecule has 0 saturated heterocycles. The molecule has 0 atom stereocenters. The Morgan fingerprint density at radius 2 is 1.57 bits per heavy atom. The van der Waals surface area contributed by atoms with Crippen LogP contribution in [-0.4, -0.2) is 20.9 Å². The molecule has 51 heavy (non-hydrogen) atoms. The second-order valence-corrected chi connectivity index (χ2v) is 16.1. The van der Waals surface area contributed by atoms with Crippen LogP contribution in [0.15, 0.2) is 54.5 Å². The van der Waals surface area contributed by atoms with Crippen LogP contribution in [0.3, 0.4) is 0 Å². The molecule has 0 aliphatic heterocycles. The summed E-state index contributed by atoms with van der Waals surface area (Å²) in [6, 6.07) is 17.0. The van der Waals surface area contributed by atoms with Gasteiger partial charge >= 0.3 is 0 Å². The monoisotopic (exact) mass is 885 g/mol. The summed E-state index contributed by atoms with van der Waals surface area (Å²) in [4.78, 5) is 22.0. The van der Waals surface area contributed by atoms with Gasteiger partial charge in [-0.1, -0.05) is 85.1 Å². The number of aromatic nitrogens is 2. The van der Waals surface area contributed by atoms with Gasteiger partial charge in [0.25, 0.3) is 0 Å². The van der Waals surface area contributed by atoms with E-state index in [1.54, 1.807) is 11.3 Å². The van der Waals surface area contributed by atoms with Crippen molar-refractivity contribution < 1.29 is 31.4 Å². The summed E-state index contributed by atoms with van der Waals surface area (Å²) in [6.07, 6.45) is 17.8. The minimum atomic E-state index is 0. The van der Waals surface area contributed by atoms with Crippen LogP contribution in [0, 0.1) is 44.1 Å². The largest absolute Gasteiger partial charge is 0.512 e. The van der Waals surface area contributed by atoms with Gasteiger partial charge in [0.1, 0.15) is 7.67 Å². The van der Waals surface area contributed by atoms with Gasteiger partial charge in [-0.05, 0) is 99.2 Å². The first-order valence-corrected chi connectivity index (χ1v) is 20.2. The third-order valence-electron chi connectivity index (χ3n) is 11.7. The van der Waals surface area contributed by atoms with Crippen LogP contribution in [-0.2, 0) is 24.9 Å². The normalized spacial score (nSPS) is 16.6. The maximum Gasteiger partial charge on any atom is 0.162 e. The average molecular weight is 885 g/mol. The standard InChI is InChI=1S/C32H35N2S.C13H24O2.Ir/c1-21-17-22(2)19-27(18-21)29-31-28(33-20-34-29)23(3)30(35-31)26-9-7-24(8-10-26)25-11-15-32(16-12-25)13-5-4-6-14-32;1-5-10(6-2)12(14)9-13(15)11(7-3)8-4;/h7-10,17-18,20,25H,4-6,11-16H2,1-3H3;9-11,14H,5-8H2,1-4H3;/q-1;;/b;12-9-;/i20D;;. The molecular weight excluding hydrogens is 825 g/mol. The van der Waals surface area contributed by atoms with Crippen molar-refractivity contribution in [3.8, 4) is 21.7 Å². The third-order valence-corrected chi connectivity index (χ3v) is 13.1. The molecule has 6 heteroatoms. The summed E-state index contributed by atoms with van der Waals surface area (Å²) < 4.78 is 9.32. The molecule has 4 nitrogen and oxygen atoms in total. The zero-order valence-corrected chi connectivity index (χ0v) is 35.2. The second-order valence-electron chi connectivity index (χ2n) is 15.1. The van der Waals surface area contributed by atoms with Crippen LogP contribution >= 0.6 is 11.3 Å². The molecule has 4 aromatic rings. The fourth-order valence-corrected chi connectivity index (χ4v) is 9.76. The fourth-order valence-electron chi connectivity index (χ4n) is 8.51. The van der Waals surface area contributed by atoms with E-state index in [0.717, 1.165) is 58.3 Å². The SMILES string of the molecule is CCC(CC)C(=O)/C=C(\O)C(CC)CC.[2H]c1nc(-c2[c-]c(C)cc(C)c2)c2sc(-c3ccc(C4CCC5(CCCCC5)CC4)cc3)c(C)c2n1.[Ir]. The zero-order valence-electron chi connectivity index (χ0n) is 33.0. The van der Waals surface area contributed by atoms with Gasteiger partial charge in [-0.2, -0.15) is 0 Å². The second kappa shape index (κ2) is 18.9. The number of carbonyl (C=O) groups excluding carboxylic acids is 1. The molecule has 0 unspecified atom stereocenters. The first-order valence-electron chi connectivity index (χ1n) is 19.8. The Morgan fingerprint density at radius 3 is 2.16 bits per heavy atom. The fraction of sp³-hybridized carbons (Fsp3) is 0.533. The van der Waals surface area contributed by atoms with Crippen molar-refractivity contribution in [1.82, 2.24) is 9.97 Å². The van der Waals surface area contributed by atoms with Crippen LogP contribution in [0.2, 0.25) is 0 Å². The Morgan fingerprint density at radius 1 is 0.941 bits per heavy atom. The predicted molar refractivity (Wildman–Crippen MR) is 212 cm³/mol. The Hall–Kier alpha value is -2.66. The Labute approximate surface area is 326 Å². The topological polar surface area (TPSA) is 63.1 Å². The first kappa shape index (κ1) is 39.5. The van der Waals surface area contributed by atoms with Crippen molar-refractivity contribution in [2.45, 2.75) is 138 Å². The smallest absolute Gasteiger partial charge is 0.162 e. The third kappa shape index (κ3) is 9.86. The number of thiophene rings is 1. The van der Waals surface area contributed by atoms with Crippen LogP contribution in [0.1, 0.15) is 141 Å². The minimum Gasteiger partial charge on any atom is -0.512 e. The number of ketones is 1. The van der Waals surface area contributed by atoms with E-state index in [0.29, 0.717) is 11.3 Å². The quantitative estimate of drug-likeness (QED) is 0.0979. The van der Waals surface area contributed by atoms with E-state index in [1.165, 1.54) is 85.4 Å². The number of carbonyl (C=O) groups is 1. The first-order chi connectivity index (χ1) is 24.5. The van der Waals surface area contributed by atoms with E-state index in [-0.39, 0.29) is 49.8 Å². The van der Waals surface area contributed by atoms with Gasteiger partial charge in [-0.15, -0.1) is 46.2 Å². The molecule has 2 aromatic heterocycles. The number of hydrogen-bond acceptors (Lipinski definition) is 5. The Bertz CT molecular complexity index is 1790. The summed E-state index contributed by atoms with van der Waals surface area (Å²) >= 11 is 1.75. The number of aliphatic hydroxyl groups excluding tert-OH is 1. The number of nitrogens with zero attached hydrogens (tertiary/aromatic N) is 2. The molecule has 2 fully saturated rings. The molecule has 0 amide bonds. The predicted octanol–water partition coefficient (Wildman–Crippen LogP) is 13.2. The van der Waals surface area contributed by atoms with Gasteiger partial charge in [-0.25, -0.2) is 4.98 Å². The summed E-state index contributed by atoms with van der Waals surface area (Å²) in [7, 11) is 0. The van der Waals surface area contributed by atoms with E-state index in [9.17, 15) is 9.90 Å². The molecule has 2 aromatic carbocycles. The van der Waals surface area contributed by atoms with Gasteiger partial charge in [0.05, 0.1) is 11.3 Å². The minimum absolute atomic E-state index is 0. The van der Waals surface area contributed by atoms with E-state index in [2.05, 4.69) is 73.2 Å². The molecule has 1 N–H and O–H groups in total. The molecule has 1 radical (unpaired) electrons. The van der Waals surface area contributed by atoms with Crippen molar-refractivity contribution in [3.05, 3.63) is 82.9 Å². The van der Waals surface area contributed by atoms with Crippen LogP contribution in [0.5, 0.6) is 0 Å². The van der Waals surface area contributed by atoms with Gasteiger partial charge in [0, 0.05) is 53.3 Å². The molecule has 2 saturated carbocycles. The van der Waals surface area contributed by atoms with Crippen LogP contribution < -0.4 is 0 Å². The van der Waals surface area contributed by atoms with Crippen molar-refractivity contribution in [3.63, 3.8) is 0 Å². The molecule has 2 heterocycles. The molecule has 0 bridgehead atoms. The van der Waals surface area contributed by atoms with Crippen molar-refractivity contribution in [2.75, 3.05) is 0 Å². The number of hydrogen-bond donors (Lipinski definition) is 1. The van der Waals surface area contributed by atoms with E-state index in [1.807, 2.05) is 27.7 Å². The summed E-state index contributed by atoms with van der Waals surface area (Å²) in [6.45, 7) is 14.4. The molecule has 6 rings (SSSR count). The summed E-state index contributed by atoms with van der Waals surface area (Å²) in [5, 5.41) is 9.76. The molecule has 2 aliphatic carbocycles. The maximum atomic E-state index is 11.7. The van der Waals surface area contributed by atoms with Crippen LogP contribution in [0.25, 0.3) is 31.9 Å². The van der Waals surface area contributed by atoms with Crippen molar-refractivity contribution >= 4 is 27.3 Å². The van der Waals surface area contributed by atoms with Gasteiger partial charge < -0.3 is 5.11 Å². The number of fused-ring (bicyclic) bond motifs is 1. The number of rotatable bonds is 10. The number of allylic oxidation sites excluding steroid dienone is 2. The van der Waals surface area contributed by atoms with E-state index >= 15 is 0 Å². The van der Waals surface area contributed by atoms with Gasteiger partial charge in [0.15, 0.2) is 5.78 Å². The van der Waals surface area contributed by atoms with E-state index < -0.39 is 0 Å². The molecule has 277 valence electrons. The Kier molecular flexibility index (Phi) is 14.7. The average Bonchev–Trinajstić information content (AvgIpc) is 3.45. The summed E-state index contributed by atoms with van der Waals surface area (Å²) in [5.41, 5.74) is 9.49. The molecule has 2 aliphatic rings. The Balaban J connectivity index is 0.000000323. The van der Waals surface area contributed by atoms with Gasteiger partial charge in [0.2, 0.25) is 0 Å². The van der Waals surface area contributed by atoms with Gasteiger partial charge in [-0.3, -0.25) is 9.78 Å². The maximum absolute atomic E-state index is 11.7. The summed E-state index contributed by atoms with van der Waals surface area (Å²) in [5.74, 6) is 1.25. The number of aryl methyl sites for hydroxylation is 3. The number of benzene rings is 2. The van der Waals surface area contributed by atoms with Crippen molar-refractivity contribution in [2.24, 2.45) is 17.3 Å². The number of aliphatic hydroxyl groups is 1. The van der Waals surface area contributed by atoms with Crippen molar-refractivity contribution in [1.29, 1.82) is 0 Å². The molecular formula is C45H59IrN2O2S-. The molecule has 1 spiro atoms.